The summed E-state index contributed by atoms with van der Waals surface area (Å²) in [5.41, 5.74) is -1.54. The van der Waals surface area contributed by atoms with E-state index in [-0.39, 0.29) is 16.6 Å². The van der Waals surface area contributed by atoms with Crippen molar-refractivity contribution in [3.63, 3.8) is 0 Å². The number of anilines is 1. The Labute approximate surface area is 154 Å². The maximum Gasteiger partial charge on any atom is 0.416 e. The van der Waals surface area contributed by atoms with E-state index in [9.17, 15) is 23.2 Å². The van der Waals surface area contributed by atoms with Gasteiger partial charge in [0.2, 0.25) is 5.52 Å². The third kappa shape index (κ3) is 3.94. The third-order valence-electron chi connectivity index (χ3n) is 4.35. The molecule has 2 aromatic rings. The van der Waals surface area contributed by atoms with Crippen LogP contribution in [-0.2, 0) is 10.9 Å². The Morgan fingerprint density at radius 1 is 1.15 bits per heavy atom. The molecule has 0 saturated carbocycles. The first kappa shape index (κ1) is 19.3. The molecule has 2 heterocycles. The molecule has 3 rings (SSSR count). The number of hydrogen-bond donors (Lipinski definition) is 0. The molecule has 1 aliphatic rings. The molecule has 1 fully saturated rings. The predicted octanol–water partition coefficient (Wildman–Crippen LogP) is 4.05. The van der Waals surface area contributed by atoms with E-state index in [1.165, 1.54) is 6.07 Å². The molecular weight excluding hydrogens is 361 g/mol. The molecule has 0 radical (unpaired) electrons. The summed E-state index contributed by atoms with van der Waals surface area (Å²) in [6.07, 6.45) is -2.75. The van der Waals surface area contributed by atoms with Crippen molar-refractivity contribution in [2.75, 3.05) is 18.0 Å². The van der Waals surface area contributed by atoms with Gasteiger partial charge in [0.25, 0.3) is 0 Å². The first-order valence-corrected chi connectivity index (χ1v) is 8.73. The van der Waals surface area contributed by atoms with Gasteiger partial charge in [0.15, 0.2) is 0 Å². The molecule has 0 spiro atoms. The second kappa shape index (κ2) is 6.58. The molecule has 0 unspecified atom stereocenters. The van der Waals surface area contributed by atoms with Crippen LogP contribution in [-0.4, -0.2) is 24.7 Å². The summed E-state index contributed by atoms with van der Waals surface area (Å²) >= 11 is 0. The van der Waals surface area contributed by atoms with Crippen molar-refractivity contribution >= 4 is 22.6 Å². The van der Waals surface area contributed by atoms with Crippen molar-refractivity contribution in [1.82, 2.24) is 0 Å². The van der Waals surface area contributed by atoms with E-state index in [1.54, 1.807) is 20.8 Å². The number of fused-ring (bicyclic) bond motifs is 1. The zero-order valence-electron chi connectivity index (χ0n) is 15.4. The lowest BCUT2D eigenvalue weighted by molar-refractivity contribution is -0.579. The van der Waals surface area contributed by atoms with Crippen LogP contribution in [0.15, 0.2) is 24.3 Å². The minimum Gasteiger partial charge on any atom is -0.618 e. The lowest BCUT2D eigenvalue weighted by Crippen LogP contribution is -2.41. The van der Waals surface area contributed by atoms with Gasteiger partial charge >= 0.3 is 17.8 Å². The van der Waals surface area contributed by atoms with Crippen LogP contribution in [0.2, 0.25) is 0 Å². The van der Waals surface area contributed by atoms with Crippen molar-refractivity contribution < 1.29 is 27.4 Å². The topological polar surface area (TPSA) is 56.5 Å². The fourth-order valence-corrected chi connectivity index (χ4v) is 3.18. The number of carbonyl (C=O) groups excluding carboxylic acids is 1. The highest BCUT2D eigenvalue weighted by molar-refractivity contribution is 5.95. The molecule has 5 nitrogen and oxygen atoms in total. The van der Waals surface area contributed by atoms with Gasteiger partial charge < -0.3 is 14.8 Å². The minimum atomic E-state index is -4.51. The standard InChI is InChI=1S/C19H21F3N2O3/c1-18(2,3)27-17(25)16-15(23-8-4-5-9-23)11-12-10-13(19(20,21)22)6-7-14(12)24(16)26/h6-7,10-11H,4-5,8-9H2,1-3H3. The maximum atomic E-state index is 13.0. The van der Waals surface area contributed by atoms with E-state index < -0.39 is 23.3 Å². The van der Waals surface area contributed by atoms with E-state index >= 15 is 0 Å². The number of nitrogens with zero attached hydrogens (tertiary/aromatic N) is 2. The summed E-state index contributed by atoms with van der Waals surface area (Å²) in [6, 6.07) is 4.34. The van der Waals surface area contributed by atoms with Gasteiger partial charge in [0.05, 0.1) is 10.9 Å². The highest BCUT2D eigenvalue weighted by atomic mass is 19.4. The van der Waals surface area contributed by atoms with Gasteiger partial charge in [-0.05, 0) is 51.8 Å². The van der Waals surface area contributed by atoms with Crippen molar-refractivity contribution in [1.29, 1.82) is 0 Å². The average molecular weight is 382 g/mol. The van der Waals surface area contributed by atoms with Gasteiger partial charge in [0.1, 0.15) is 11.3 Å². The number of alkyl halides is 3. The summed E-state index contributed by atoms with van der Waals surface area (Å²) in [5, 5.41) is 13.0. The fourth-order valence-electron chi connectivity index (χ4n) is 3.18. The van der Waals surface area contributed by atoms with Gasteiger partial charge in [-0.1, -0.05) is 0 Å². The average Bonchev–Trinajstić information content (AvgIpc) is 3.05. The zero-order chi connectivity index (χ0) is 20.0. The van der Waals surface area contributed by atoms with E-state index in [0.29, 0.717) is 23.5 Å². The Hall–Kier alpha value is -2.51. The van der Waals surface area contributed by atoms with E-state index in [4.69, 9.17) is 4.74 Å². The number of esters is 1. The van der Waals surface area contributed by atoms with Gasteiger partial charge in [-0.3, -0.25) is 0 Å². The second-order valence-electron chi connectivity index (χ2n) is 7.64. The Balaban J connectivity index is 2.21. The zero-order valence-corrected chi connectivity index (χ0v) is 15.4. The van der Waals surface area contributed by atoms with Crippen molar-refractivity contribution in [3.05, 3.63) is 40.7 Å². The van der Waals surface area contributed by atoms with E-state index in [1.807, 2.05) is 4.90 Å². The molecule has 1 saturated heterocycles. The number of halogens is 3. The highest BCUT2D eigenvalue weighted by Gasteiger charge is 2.35. The number of aromatic nitrogens is 1. The van der Waals surface area contributed by atoms with Gasteiger partial charge in [-0.25, -0.2) is 4.79 Å². The highest BCUT2D eigenvalue weighted by Crippen LogP contribution is 2.33. The second-order valence-corrected chi connectivity index (χ2v) is 7.64. The van der Waals surface area contributed by atoms with Crippen molar-refractivity contribution in [2.24, 2.45) is 0 Å². The molecule has 0 aliphatic carbocycles. The minimum absolute atomic E-state index is 0.00759. The predicted molar refractivity (Wildman–Crippen MR) is 94.5 cm³/mol. The molecule has 0 atom stereocenters. The summed E-state index contributed by atoms with van der Waals surface area (Å²) in [7, 11) is 0. The molecule has 0 N–H and O–H groups in total. The van der Waals surface area contributed by atoms with Gasteiger partial charge in [-0.15, -0.1) is 0 Å². The molecule has 8 heteroatoms. The van der Waals surface area contributed by atoms with Crippen LogP contribution in [0.1, 0.15) is 49.7 Å². The Bertz CT molecular complexity index is 882. The lowest BCUT2D eigenvalue weighted by atomic mass is 10.1. The monoisotopic (exact) mass is 382 g/mol. The lowest BCUT2D eigenvalue weighted by Gasteiger charge is -2.23. The number of rotatable bonds is 2. The fraction of sp³-hybridized carbons (Fsp3) is 0.474. The van der Waals surface area contributed by atoms with Crippen LogP contribution in [0.3, 0.4) is 0 Å². The molecule has 1 aromatic heterocycles. The maximum absolute atomic E-state index is 13.0. The number of hydrogen-bond acceptors (Lipinski definition) is 4. The molecule has 0 amide bonds. The number of carbonyl (C=O) groups is 1. The molecular formula is C19H21F3N2O3. The van der Waals surface area contributed by atoms with Crippen molar-refractivity contribution in [3.8, 4) is 0 Å². The quantitative estimate of drug-likeness (QED) is 0.447. The Kier molecular flexibility index (Phi) is 4.69. The normalized spacial score (nSPS) is 15.4. The summed E-state index contributed by atoms with van der Waals surface area (Å²) in [4.78, 5) is 14.5. The summed E-state index contributed by atoms with van der Waals surface area (Å²) in [6.45, 7) is 6.31. The smallest absolute Gasteiger partial charge is 0.416 e. The number of ether oxygens (including phenoxy) is 1. The molecule has 1 aliphatic heterocycles. The number of benzene rings is 1. The van der Waals surface area contributed by atoms with Crippen LogP contribution in [0.4, 0.5) is 18.9 Å². The molecule has 146 valence electrons. The van der Waals surface area contributed by atoms with Gasteiger partial charge in [-0.2, -0.15) is 17.9 Å². The molecule has 0 bridgehead atoms. The van der Waals surface area contributed by atoms with E-state index in [2.05, 4.69) is 0 Å². The van der Waals surface area contributed by atoms with Crippen LogP contribution in [0.25, 0.3) is 10.9 Å². The molecule has 1 aromatic carbocycles. The summed E-state index contributed by atoms with van der Waals surface area (Å²) in [5.74, 6) is -0.791. The largest absolute Gasteiger partial charge is 0.618 e. The Morgan fingerprint density at radius 2 is 1.78 bits per heavy atom. The Morgan fingerprint density at radius 3 is 2.33 bits per heavy atom. The van der Waals surface area contributed by atoms with Crippen molar-refractivity contribution in [2.45, 2.75) is 45.4 Å². The van der Waals surface area contributed by atoms with Crippen LogP contribution in [0, 0.1) is 5.21 Å². The number of pyridine rings is 1. The van der Waals surface area contributed by atoms with Crippen LogP contribution in [0.5, 0.6) is 0 Å². The SMILES string of the molecule is CC(C)(C)OC(=O)c1c(N2CCCC2)cc2cc(C(F)(F)F)ccc2[n+]1[O-]. The van der Waals surface area contributed by atoms with E-state index in [0.717, 1.165) is 31.0 Å². The third-order valence-corrected chi connectivity index (χ3v) is 4.35. The van der Waals surface area contributed by atoms with Crippen LogP contribution < -0.4 is 9.63 Å². The first-order valence-electron chi connectivity index (χ1n) is 8.73. The molecule has 27 heavy (non-hydrogen) atoms. The van der Waals surface area contributed by atoms with Gasteiger partial charge in [0, 0.05) is 19.2 Å². The van der Waals surface area contributed by atoms with Crippen LogP contribution >= 0.6 is 0 Å². The first-order chi connectivity index (χ1) is 12.5. The summed E-state index contributed by atoms with van der Waals surface area (Å²) < 4.78 is 44.9.